The molecule has 2 nitrogen and oxygen atoms in total. The SMILES string of the molecule is Cc1cc2c3c(c1)N(c1ccc4c(c1)C(C)(C)CCC4(C)C)c1cc4c(cc1B3c1cc(C(C)(C)c3ccccc3)ccc1N2c1ccc(C(C)(C)c2ccccc2)cc1)C(C)(C)CCC4(C)C. The van der Waals surface area contributed by atoms with Crippen LogP contribution in [0, 0.1) is 6.92 Å². The Hall–Kier alpha value is -5.80. The van der Waals surface area contributed by atoms with Crippen LogP contribution in [0.1, 0.15) is 159 Å². The second-order valence-corrected chi connectivity index (χ2v) is 24.8. The van der Waals surface area contributed by atoms with Crippen molar-refractivity contribution in [1.82, 2.24) is 0 Å². The van der Waals surface area contributed by atoms with Gasteiger partial charge in [0, 0.05) is 45.0 Å². The van der Waals surface area contributed by atoms with E-state index in [1.165, 1.54) is 126 Å². The van der Waals surface area contributed by atoms with Crippen LogP contribution >= 0.6 is 0 Å². The van der Waals surface area contributed by atoms with Crippen LogP contribution < -0.4 is 26.2 Å². The average Bonchev–Trinajstić information content (AvgIpc) is 3.32. The summed E-state index contributed by atoms with van der Waals surface area (Å²) in [5.41, 5.74) is 24.3. The van der Waals surface area contributed by atoms with Crippen molar-refractivity contribution >= 4 is 57.2 Å². The van der Waals surface area contributed by atoms with E-state index in [4.69, 9.17) is 0 Å². The van der Waals surface area contributed by atoms with E-state index in [1.807, 2.05) is 0 Å². The third-order valence-electron chi connectivity index (χ3n) is 17.8. The highest BCUT2D eigenvalue weighted by Crippen LogP contribution is 2.53. The number of aryl methyl sites for hydroxylation is 1. The van der Waals surface area contributed by atoms with Crippen molar-refractivity contribution in [3.05, 3.63) is 196 Å². The largest absolute Gasteiger partial charge is 0.311 e. The molecule has 7 aromatic carbocycles. The minimum atomic E-state index is -0.211. The maximum atomic E-state index is 2.69. The highest BCUT2D eigenvalue weighted by molar-refractivity contribution is 7.00. The molecule has 0 fully saturated rings. The summed E-state index contributed by atoms with van der Waals surface area (Å²) >= 11 is 0. The van der Waals surface area contributed by atoms with Crippen molar-refractivity contribution in [2.75, 3.05) is 9.80 Å². The van der Waals surface area contributed by atoms with Gasteiger partial charge in [0.25, 0.3) is 6.71 Å². The lowest BCUT2D eigenvalue weighted by Gasteiger charge is -2.48. The maximum Gasteiger partial charge on any atom is 0.252 e. The van der Waals surface area contributed by atoms with Crippen LogP contribution in [0.2, 0.25) is 0 Å². The van der Waals surface area contributed by atoms with Crippen LogP contribution in [0.5, 0.6) is 0 Å². The summed E-state index contributed by atoms with van der Waals surface area (Å²) in [5.74, 6) is 0. The third-order valence-corrected chi connectivity index (χ3v) is 17.8. The monoisotopic (exact) mass is 891 g/mol. The van der Waals surface area contributed by atoms with Crippen LogP contribution in [-0.4, -0.2) is 6.71 Å². The molecule has 2 aliphatic carbocycles. The van der Waals surface area contributed by atoms with Gasteiger partial charge < -0.3 is 9.80 Å². The Morgan fingerprint density at radius 2 is 0.809 bits per heavy atom. The molecule has 0 radical (unpaired) electrons. The van der Waals surface area contributed by atoms with Crippen LogP contribution in [-0.2, 0) is 32.5 Å². The summed E-state index contributed by atoms with van der Waals surface area (Å²) < 4.78 is 0. The first-order valence-electron chi connectivity index (χ1n) is 25.6. The van der Waals surface area contributed by atoms with Crippen molar-refractivity contribution in [2.45, 2.75) is 148 Å². The van der Waals surface area contributed by atoms with Gasteiger partial charge in [-0.25, -0.2) is 0 Å². The summed E-state index contributed by atoms with van der Waals surface area (Å²) in [4.78, 5) is 5.30. The molecule has 0 aromatic heterocycles. The van der Waals surface area contributed by atoms with Gasteiger partial charge in [-0.05, 0) is 169 Å². The first-order valence-corrected chi connectivity index (χ1v) is 25.6. The van der Waals surface area contributed by atoms with E-state index < -0.39 is 0 Å². The number of nitrogens with zero attached hydrogens (tertiary/aromatic N) is 2. The van der Waals surface area contributed by atoms with Crippen molar-refractivity contribution in [3.63, 3.8) is 0 Å². The van der Waals surface area contributed by atoms with E-state index in [0.717, 1.165) is 0 Å². The smallest absolute Gasteiger partial charge is 0.252 e. The number of benzene rings is 7. The summed E-state index contributed by atoms with van der Waals surface area (Å²) in [5, 5.41) is 0. The summed E-state index contributed by atoms with van der Waals surface area (Å²) in [6.07, 6.45) is 4.73. The molecule has 0 unspecified atom stereocenters. The van der Waals surface area contributed by atoms with Crippen molar-refractivity contribution < 1.29 is 0 Å². The summed E-state index contributed by atoms with van der Waals surface area (Å²) in [6.45, 7) is 31.6. The normalized spacial score (nSPS) is 18.2. The van der Waals surface area contributed by atoms with E-state index in [9.17, 15) is 0 Å². The van der Waals surface area contributed by atoms with Crippen molar-refractivity contribution in [2.24, 2.45) is 0 Å². The molecule has 4 aliphatic rings. The summed E-state index contributed by atoms with van der Waals surface area (Å²) in [6, 6.07) is 56.9. The highest BCUT2D eigenvalue weighted by atomic mass is 15.2. The maximum absolute atomic E-state index is 2.69. The van der Waals surface area contributed by atoms with Gasteiger partial charge in [0.1, 0.15) is 0 Å². The minimum Gasteiger partial charge on any atom is -0.311 e. The quantitative estimate of drug-likeness (QED) is 0.154. The Labute approximate surface area is 408 Å². The van der Waals surface area contributed by atoms with Gasteiger partial charge in [0.2, 0.25) is 0 Å². The highest BCUT2D eigenvalue weighted by Gasteiger charge is 2.48. The predicted octanol–water partition coefficient (Wildman–Crippen LogP) is 15.4. The molecule has 2 heterocycles. The average molecular weight is 891 g/mol. The molecule has 11 rings (SSSR count). The first-order chi connectivity index (χ1) is 32.1. The molecule has 68 heavy (non-hydrogen) atoms. The van der Waals surface area contributed by atoms with Gasteiger partial charge in [-0.2, -0.15) is 0 Å². The van der Waals surface area contributed by atoms with E-state index in [-0.39, 0.29) is 39.2 Å². The molecule has 0 bridgehead atoms. The first kappa shape index (κ1) is 44.7. The van der Waals surface area contributed by atoms with E-state index in [2.05, 4.69) is 245 Å². The van der Waals surface area contributed by atoms with Gasteiger partial charge in [-0.15, -0.1) is 0 Å². The molecule has 0 amide bonds. The van der Waals surface area contributed by atoms with Crippen molar-refractivity contribution in [3.8, 4) is 0 Å². The van der Waals surface area contributed by atoms with Crippen LogP contribution in [0.4, 0.5) is 34.1 Å². The number of fused-ring (bicyclic) bond motifs is 6. The Balaban J connectivity index is 1.21. The van der Waals surface area contributed by atoms with Gasteiger partial charge >= 0.3 is 0 Å². The molecular formula is C65H71BN2. The zero-order valence-electron chi connectivity index (χ0n) is 43.2. The standard InChI is InChI=1S/C65H71BN2/c1-42-36-57-59-58(37-42)68(48-29-30-49-50(39-48)61(4,5)33-32-60(49,2)3)56-41-52-51(62(6,7)34-35-63(52,8)9)40-54(56)66(59)53-38-46(65(12,13)44-22-18-15-19-23-44)26-31-55(53)67(57)47-27-24-45(25-28-47)64(10,11)43-20-16-14-17-21-43/h14-31,36-41H,32-35H2,1-13H3. The lowest BCUT2D eigenvalue weighted by molar-refractivity contribution is 0.332. The molecular weight excluding hydrogens is 820 g/mol. The number of hydrogen-bond acceptors (Lipinski definition) is 2. The molecule has 0 spiro atoms. The topological polar surface area (TPSA) is 6.48 Å². The minimum absolute atomic E-state index is 0.0278. The zero-order chi connectivity index (χ0) is 47.9. The molecule has 3 heteroatoms. The molecule has 0 atom stereocenters. The van der Waals surface area contributed by atoms with Gasteiger partial charge in [0.05, 0.1) is 0 Å². The fraction of sp³-hybridized carbons (Fsp3) is 0.354. The predicted molar refractivity (Wildman–Crippen MR) is 293 cm³/mol. The van der Waals surface area contributed by atoms with Gasteiger partial charge in [-0.1, -0.05) is 180 Å². The second kappa shape index (κ2) is 15.1. The van der Waals surface area contributed by atoms with Crippen LogP contribution in [0.3, 0.4) is 0 Å². The zero-order valence-corrected chi connectivity index (χ0v) is 43.2. The lowest BCUT2D eigenvalue weighted by atomic mass is 9.33. The molecule has 0 N–H and O–H groups in total. The fourth-order valence-electron chi connectivity index (χ4n) is 12.9. The van der Waals surface area contributed by atoms with E-state index >= 15 is 0 Å². The van der Waals surface area contributed by atoms with Crippen LogP contribution in [0.25, 0.3) is 0 Å². The Morgan fingerprint density at radius 3 is 1.37 bits per heavy atom. The van der Waals surface area contributed by atoms with Gasteiger partial charge in [0.15, 0.2) is 0 Å². The molecule has 0 saturated carbocycles. The second-order valence-electron chi connectivity index (χ2n) is 24.8. The number of anilines is 6. The van der Waals surface area contributed by atoms with Crippen LogP contribution in [0.15, 0.2) is 146 Å². The fourth-order valence-corrected chi connectivity index (χ4v) is 12.9. The van der Waals surface area contributed by atoms with E-state index in [0.29, 0.717) is 0 Å². The molecule has 0 saturated heterocycles. The molecule has 7 aromatic rings. The van der Waals surface area contributed by atoms with Gasteiger partial charge in [-0.3, -0.25) is 0 Å². The van der Waals surface area contributed by atoms with E-state index in [1.54, 1.807) is 0 Å². The Bertz CT molecular complexity index is 3130. The number of hydrogen-bond donors (Lipinski definition) is 0. The van der Waals surface area contributed by atoms with Crippen molar-refractivity contribution in [1.29, 1.82) is 0 Å². The molecule has 2 aliphatic heterocycles. The number of rotatable bonds is 6. The Kier molecular flexibility index (Phi) is 9.93. The lowest BCUT2D eigenvalue weighted by Crippen LogP contribution is -2.62. The molecule has 344 valence electrons. The third kappa shape index (κ3) is 6.80. The summed E-state index contributed by atoms with van der Waals surface area (Å²) in [7, 11) is 0. The Morgan fingerprint density at radius 1 is 0.382 bits per heavy atom.